The zero-order chi connectivity index (χ0) is 19.2. The van der Waals surface area contributed by atoms with Gasteiger partial charge >= 0.3 is 5.97 Å². The van der Waals surface area contributed by atoms with E-state index in [0.29, 0.717) is 17.1 Å². The maximum absolute atomic E-state index is 12.1. The first-order valence-electron chi connectivity index (χ1n) is 8.52. The molecule has 27 heavy (non-hydrogen) atoms. The summed E-state index contributed by atoms with van der Waals surface area (Å²) >= 11 is 0. The number of carbonyl (C=O) groups excluding carboxylic acids is 2. The molecule has 0 saturated heterocycles. The van der Waals surface area contributed by atoms with E-state index in [1.165, 1.54) is 14.0 Å². The lowest BCUT2D eigenvalue weighted by atomic mass is 10.1. The second kappa shape index (κ2) is 8.36. The summed E-state index contributed by atoms with van der Waals surface area (Å²) < 4.78 is 16.0. The molecule has 0 atom stereocenters. The fourth-order valence-corrected chi connectivity index (χ4v) is 2.76. The Morgan fingerprint density at radius 2 is 1.70 bits per heavy atom. The fraction of sp³-hybridized carbons (Fsp3) is 0.182. The van der Waals surface area contributed by atoms with Crippen molar-refractivity contribution in [2.45, 2.75) is 13.5 Å². The standard InChI is InChI=1S/C22H20O5/c1-15(23)17-10-11-20(21(12-17)25-2)26-14-22(24)27-13-18-8-5-7-16-6-3-4-9-19(16)18/h3-12H,13-14H2,1-2H3. The number of ether oxygens (including phenoxy) is 3. The van der Waals surface area contributed by atoms with Gasteiger partial charge in [-0.15, -0.1) is 0 Å². The van der Waals surface area contributed by atoms with Crippen LogP contribution in [0.5, 0.6) is 11.5 Å². The van der Waals surface area contributed by atoms with E-state index >= 15 is 0 Å². The molecule has 3 rings (SSSR count). The van der Waals surface area contributed by atoms with Crippen LogP contribution in [0, 0.1) is 0 Å². The molecule has 138 valence electrons. The summed E-state index contributed by atoms with van der Waals surface area (Å²) in [6.07, 6.45) is 0. The number of benzene rings is 3. The highest BCUT2D eigenvalue weighted by Crippen LogP contribution is 2.28. The monoisotopic (exact) mass is 364 g/mol. The van der Waals surface area contributed by atoms with E-state index in [0.717, 1.165) is 16.3 Å². The molecule has 0 heterocycles. The Bertz CT molecular complexity index is 972. The first-order chi connectivity index (χ1) is 13.1. The van der Waals surface area contributed by atoms with Gasteiger partial charge in [0.25, 0.3) is 0 Å². The summed E-state index contributed by atoms with van der Waals surface area (Å²) in [5.41, 5.74) is 1.45. The molecule has 0 amide bonds. The van der Waals surface area contributed by atoms with Crippen LogP contribution in [0.2, 0.25) is 0 Å². The SMILES string of the molecule is COc1cc(C(C)=O)ccc1OCC(=O)OCc1cccc2ccccc12. The van der Waals surface area contributed by atoms with Gasteiger partial charge in [0, 0.05) is 5.56 Å². The molecular formula is C22H20O5. The number of Topliss-reactive ketones (excluding diaryl/α,β-unsaturated/α-hetero) is 1. The minimum absolute atomic E-state index is 0.0747. The van der Waals surface area contributed by atoms with Crippen LogP contribution in [-0.2, 0) is 16.1 Å². The molecule has 5 heteroatoms. The van der Waals surface area contributed by atoms with Gasteiger partial charge in [-0.1, -0.05) is 42.5 Å². The van der Waals surface area contributed by atoms with E-state index in [1.54, 1.807) is 18.2 Å². The van der Waals surface area contributed by atoms with Crippen molar-refractivity contribution in [1.29, 1.82) is 0 Å². The van der Waals surface area contributed by atoms with Gasteiger partial charge in [0.2, 0.25) is 0 Å². The molecular weight excluding hydrogens is 344 g/mol. The Hall–Kier alpha value is -3.34. The Morgan fingerprint density at radius 1 is 0.926 bits per heavy atom. The Balaban J connectivity index is 1.61. The van der Waals surface area contributed by atoms with Gasteiger partial charge < -0.3 is 14.2 Å². The predicted molar refractivity (Wildman–Crippen MR) is 102 cm³/mol. The Kier molecular flexibility index (Phi) is 5.71. The minimum Gasteiger partial charge on any atom is -0.493 e. The van der Waals surface area contributed by atoms with Crippen molar-refractivity contribution in [3.63, 3.8) is 0 Å². The number of fused-ring (bicyclic) bond motifs is 1. The highest BCUT2D eigenvalue weighted by molar-refractivity contribution is 5.94. The van der Waals surface area contributed by atoms with Gasteiger partial charge in [0.1, 0.15) is 6.61 Å². The molecule has 0 aliphatic carbocycles. The molecule has 3 aromatic rings. The van der Waals surface area contributed by atoms with Crippen molar-refractivity contribution in [1.82, 2.24) is 0 Å². The highest BCUT2D eigenvalue weighted by atomic mass is 16.6. The molecule has 0 fully saturated rings. The van der Waals surface area contributed by atoms with Gasteiger partial charge in [0.15, 0.2) is 23.9 Å². The molecule has 0 saturated carbocycles. The summed E-state index contributed by atoms with van der Waals surface area (Å²) in [6.45, 7) is 1.39. The normalized spacial score (nSPS) is 10.4. The largest absolute Gasteiger partial charge is 0.493 e. The molecule has 0 unspecified atom stereocenters. The number of rotatable bonds is 7. The van der Waals surface area contributed by atoms with Crippen LogP contribution in [0.4, 0.5) is 0 Å². The highest BCUT2D eigenvalue weighted by Gasteiger charge is 2.11. The second-order valence-corrected chi connectivity index (χ2v) is 6.01. The van der Waals surface area contributed by atoms with Crippen LogP contribution < -0.4 is 9.47 Å². The second-order valence-electron chi connectivity index (χ2n) is 6.01. The van der Waals surface area contributed by atoms with E-state index in [2.05, 4.69) is 0 Å². The Morgan fingerprint density at radius 3 is 2.48 bits per heavy atom. The number of methoxy groups -OCH3 is 1. The number of esters is 1. The third kappa shape index (κ3) is 4.44. The first-order valence-corrected chi connectivity index (χ1v) is 8.52. The Labute approximate surface area is 157 Å². The number of hydrogen-bond donors (Lipinski definition) is 0. The first kappa shape index (κ1) is 18.5. The fourth-order valence-electron chi connectivity index (χ4n) is 2.76. The van der Waals surface area contributed by atoms with Crippen LogP contribution in [0.15, 0.2) is 60.7 Å². The van der Waals surface area contributed by atoms with E-state index in [4.69, 9.17) is 14.2 Å². The van der Waals surface area contributed by atoms with Gasteiger partial charge in [0.05, 0.1) is 7.11 Å². The van der Waals surface area contributed by atoms with E-state index in [-0.39, 0.29) is 19.0 Å². The molecule has 0 aromatic heterocycles. The van der Waals surface area contributed by atoms with Gasteiger partial charge in [-0.25, -0.2) is 4.79 Å². The smallest absolute Gasteiger partial charge is 0.344 e. The van der Waals surface area contributed by atoms with Crippen LogP contribution in [-0.4, -0.2) is 25.5 Å². The van der Waals surface area contributed by atoms with Crippen LogP contribution in [0.1, 0.15) is 22.8 Å². The number of carbonyl (C=O) groups is 2. The van der Waals surface area contributed by atoms with E-state index in [1.807, 2.05) is 42.5 Å². The number of ketones is 1. The van der Waals surface area contributed by atoms with E-state index < -0.39 is 5.97 Å². The summed E-state index contributed by atoms with van der Waals surface area (Å²) in [7, 11) is 1.48. The topological polar surface area (TPSA) is 61.8 Å². The average molecular weight is 364 g/mol. The van der Waals surface area contributed by atoms with Gasteiger partial charge in [-0.3, -0.25) is 4.79 Å². The molecule has 0 aliphatic heterocycles. The summed E-state index contributed by atoms with van der Waals surface area (Å²) in [4.78, 5) is 23.5. The van der Waals surface area contributed by atoms with Crippen molar-refractivity contribution < 1.29 is 23.8 Å². The maximum atomic E-state index is 12.1. The van der Waals surface area contributed by atoms with E-state index in [9.17, 15) is 9.59 Å². The third-order valence-corrected chi connectivity index (χ3v) is 4.18. The lowest BCUT2D eigenvalue weighted by Gasteiger charge is -2.12. The zero-order valence-electron chi connectivity index (χ0n) is 15.2. The molecule has 3 aromatic carbocycles. The molecule has 0 radical (unpaired) electrons. The van der Waals surface area contributed by atoms with Crippen LogP contribution in [0.25, 0.3) is 10.8 Å². The molecule has 0 bridgehead atoms. The van der Waals surface area contributed by atoms with Gasteiger partial charge in [-0.2, -0.15) is 0 Å². The third-order valence-electron chi connectivity index (χ3n) is 4.18. The maximum Gasteiger partial charge on any atom is 0.344 e. The van der Waals surface area contributed by atoms with Crippen molar-refractivity contribution in [3.8, 4) is 11.5 Å². The van der Waals surface area contributed by atoms with Crippen molar-refractivity contribution in [3.05, 3.63) is 71.8 Å². The van der Waals surface area contributed by atoms with Crippen molar-refractivity contribution >= 4 is 22.5 Å². The predicted octanol–water partition coefficient (Wildman–Crippen LogP) is 4.17. The van der Waals surface area contributed by atoms with Crippen LogP contribution >= 0.6 is 0 Å². The minimum atomic E-state index is -0.486. The van der Waals surface area contributed by atoms with Crippen molar-refractivity contribution in [2.75, 3.05) is 13.7 Å². The molecule has 0 spiro atoms. The summed E-state index contributed by atoms with van der Waals surface area (Å²) in [6, 6.07) is 18.6. The zero-order valence-corrected chi connectivity index (χ0v) is 15.2. The van der Waals surface area contributed by atoms with Gasteiger partial charge in [-0.05, 0) is 41.5 Å². The molecule has 0 aliphatic rings. The molecule has 0 N–H and O–H groups in total. The lowest BCUT2D eigenvalue weighted by molar-refractivity contribution is -0.147. The van der Waals surface area contributed by atoms with Crippen LogP contribution in [0.3, 0.4) is 0 Å². The summed E-state index contributed by atoms with van der Waals surface area (Å²) in [5.74, 6) is 0.212. The summed E-state index contributed by atoms with van der Waals surface area (Å²) in [5, 5.41) is 2.15. The lowest BCUT2D eigenvalue weighted by Crippen LogP contribution is -2.15. The molecule has 5 nitrogen and oxygen atoms in total. The number of hydrogen-bond acceptors (Lipinski definition) is 5. The average Bonchev–Trinajstić information content (AvgIpc) is 2.70. The van der Waals surface area contributed by atoms with Crippen molar-refractivity contribution in [2.24, 2.45) is 0 Å². The quantitative estimate of drug-likeness (QED) is 0.465.